The number of urea groups is 1. The lowest BCUT2D eigenvalue weighted by Gasteiger charge is -2.30. The first kappa shape index (κ1) is 18.7. The average molecular weight is 385 g/mol. The summed E-state index contributed by atoms with van der Waals surface area (Å²) in [5.41, 5.74) is 4.36. The Morgan fingerprint density at radius 3 is 2.38 bits per heavy atom. The predicted octanol–water partition coefficient (Wildman–Crippen LogP) is 4.60. The zero-order valence-electron chi connectivity index (χ0n) is 16.1. The number of hydrogen-bond acceptors (Lipinski definition) is 2. The summed E-state index contributed by atoms with van der Waals surface area (Å²) in [5.74, 6) is -0.0165. The maximum atomic E-state index is 13.0. The summed E-state index contributed by atoms with van der Waals surface area (Å²) >= 11 is 0. The van der Waals surface area contributed by atoms with Gasteiger partial charge in [-0.1, -0.05) is 54.6 Å². The van der Waals surface area contributed by atoms with Crippen LogP contribution in [0.3, 0.4) is 0 Å². The van der Waals surface area contributed by atoms with Gasteiger partial charge in [-0.2, -0.15) is 0 Å². The molecule has 1 heterocycles. The van der Waals surface area contributed by atoms with Gasteiger partial charge in [-0.25, -0.2) is 4.79 Å². The van der Waals surface area contributed by atoms with E-state index in [9.17, 15) is 9.59 Å². The molecule has 0 atom stereocenters. The van der Waals surface area contributed by atoms with Crippen molar-refractivity contribution in [2.24, 2.45) is 0 Å². The fourth-order valence-corrected chi connectivity index (χ4v) is 3.55. The van der Waals surface area contributed by atoms with E-state index in [-0.39, 0.29) is 11.9 Å². The highest BCUT2D eigenvalue weighted by Gasteiger charge is 2.24. The number of hydrogen-bond donors (Lipinski definition) is 2. The van der Waals surface area contributed by atoms with Crippen LogP contribution in [0.25, 0.3) is 0 Å². The number of rotatable bonds is 4. The SMILES string of the molecule is O=C(NCc1ccccc1)Nc1ccc2c(c1)N(C(=O)c1ccccc1)CCC2. The molecule has 3 aromatic rings. The van der Waals surface area contributed by atoms with E-state index in [0.717, 1.165) is 29.7 Å². The summed E-state index contributed by atoms with van der Waals surface area (Å²) in [7, 11) is 0. The Labute approximate surface area is 170 Å². The van der Waals surface area contributed by atoms with Crippen LogP contribution in [0.5, 0.6) is 0 Å². The summed E-state index contributed by atoms with van der Waals surface area (Å²) in [6.45, 7) is 1.13. The molecule has 0 spiro atoms. The van der Waals surface area contributed by atoms with Gasteiger partial charge in [-0.3, -0.25) is 4.79 Å². The number of aryl methyl sites for hydroxylation is 1. The molecule has 0 saturated carbocycles. The predicted molar refractivity (Wildman–Crippen MR) is 115 cm³/mol. The van der Waals surface area contributed by atoms with Gasteiger partial charge >= 0.3 is 6.03 Å². The molecule has 0 saturated heterocycles. The number of fused-ring (bicyclic) bond motifs is 1. The molecular formula is C24H23N3O2. The first-order chi connectivity index (χ1) is 14.2. The van der Waals surface area contributed by atoms with Gasteiger partial charge < -0.3 is 15.5 Å². The molecule has 0 fully saturated rings. The molecule has 146 valence electrons. The van der Waals surface area contributed by atoms with Crippen molar-refractivity contribution in [1.29, 1.82) is 0 Å². The molecule has 5 heteroatoms. The molecule has 0 bridgehead atoms. The first-order valence-electron chi connectivity index (χ1n) is 9.79. The lowest BCUT2D eigenvalue weighted by atomic mass is 10.00. The molecule has 4 rings (SSSR count). The number of benzene rings is 3. The molecule has 1 aliphatic heterocycles. The number of carbonyl (C=O) groups excluding carboxylic acids is 2. The van der Waals surface area contributed by atoms with E-state index in [0.29, 0.717) is 24.3 Å². The maximum Gasteiger partial charge on any atom is 0.319 e. The summed E-state index contributed by atoms with van der Waals surface area (Å²) in [6.07, 6.45) is 1.85. The molecule has 0 aliphatic carbocycles. The summed E-state index contributed by atoms with van der Waals surface area (Å²) < 4.78 is 0. The van der Waals surface area contributed by atoms with Crippen LogP contribution >= 0.6 is 0 Å². The van der Waals surface area contributed by atoms with Gasteiger partial charge in [-0.15, -0.1) is 0 Å². The Morgan fingerprint density at radius 2 is 1.62 bits per heavy atom. The molecule has 29 heavy (non-hydrogen) atoms. The van der Waals surface area contributed by atoms with E-state index in [1.54, 1.807) is 4.90 Å². The van der Waals surface area contributed by atoms with Gasteiger partial charge in [0.2, 0.25) is 0 Å². The number of amides is 3. The highest BCUT2D eigenvalue weighted by Crippen LogP contribution is 2.31. The highest BCUT2D eigenvalue weighted by molar-refractivity contribution is 6.07. The van der Waals surface area contributed by atoms with Crippen molar-refractivity contribution in [2.45, 2.75) is 19.4 Å². The highest BCUT2D eigenvalue weighted by atomic mass is 16.2. The van der Waals surface area contributed by atoms with Crippen LogP contribution in [-0.2, 0) is 13.0 Å². The third-order valence-corrected chi connectivity index (χ3v) is 5.02. The van der Waals surface area contributed by atoms with Crippen molar-refractivity contribution >= 4 is 23.3 Å². The van der Waals surface area contributed by atoms with Crippen LogP contribution in [-0.4, -0.2) is 18.5 Å². The van der Waals surface area contributed by atoms with Gasteiger partial charge in [0.15, 0.2) is 0 Å². The Kier molecular flexibility index (Phi) is 5.56. The number of nitrogens with zero attached hydrogens (tertiary/aromatic N) is 1. The second-order valence-corrected chi connectivity index (χ2v) is 7.06. The van der Waals surface area contributed by atoms with Crippen molar-refractivity contribution in [3.8, 4) is 0 Å². The molecule has 2 N–H and O–H groups in total. The number of anilines is 2. The van der Waals surface area contributed by atoms with E-state index < -0.39 is 0 Å². The normalized spacial score (nSPS) is 12.8. The molecular weight excluding hydrogens is 362 g/mol. The smallest absolute Gasteiger partial charge is 0.319 e. The summed E-state index contributed by atoms with van der Waals surface area (Å²) in [6, 6.07) is 24.5. The Balaban J connectivity index is 1.48. The minimum absolute atomic E-state index is 0.0165. The quantitative estimate of drug-likeness (QED) is 0.689. The minimum atomic E-state index is -0.273. The molecule has 0 unspecified atom stereocenters. The fourth-order valence-electron chi connectivity index (χ4n) is 3.55. The first-order valence-corrected chi connectivity index (χ1v) is 9.79. The third-order valence-electron chi connectivity index (χ3n) is 5.02. The van der Waals surface area contributed by atoms with Gasteiger partial charge in [0.05, 0.1) is 0 Å². The molecule has 1 aliphatic rings. The standard InChI is InChI=1S/C24H23N3O2/c28-23(20-10-5-2-6-11-20)27-15-7-12-19-13-14-21(16-22(19)27)26-24(29)25-17-18-8-3-1-4-9-18/h1-6,8-11,13-14,16H,7,12,15,17H2,(H2,25,26,29). The Morgan fingerprint density at radius 1 is 0.897 bits per heavy atom. The van der Waals surface area contributed by atoms with Crippen LogP contribution in [0.1, 0.15) is 27.9 Å². The van der Waals surface area contributed by atoms with Crippen molar-refractivity contribution in [3.63, 3.8) is 0 Å². The Hall–Kier alpha value is -3.60. The second-order valence-electron chi connectivity index (χ2n) is 7.06. The topological polar surface area (TPSA) is 61.4 Å². The summed E-state index contributed by atoms with van der Waals surface area (Å²) in [4.78, 5) is 27.1. The van der Waals surface area contributed by atoms with Crippen molar-refractivity contribution < 1.29 is 9.59 Å². The van der Waals surface area contributed by atoms with Crippen LogP contribution in [0.4, 0.5) is 16.2 Å². The van der Waals surface area contributed by atoms with Gasteiger partial charge in [0.25, 0.3) is 5.91 Å². The number of carbonyl (C=O) groups is 2. The zero-order chi connectivity index (χ0) is 20.1. The lowest BCUT2D eigenvalue weighted by molar-refractivity contribution is 0.0985. The average Bonchev–Trinajstić information content (AvgIpc) is 2.78. The second kappa shape index (κ2) is 8.61. The van der Waals surface area contributed by atoms with E-state index in [1.165, 1.54) is 0 Å². The van der Waals surface area contributed by atoms with Crippen molar-refractivity contribution in [2.75, 3.05) is 16.8 Å². The van der Waals surface area contributed by atoms with Crippen LogP contribution < -0.4 is 15.5 Å². The van der Waals surface area contributed by atoms with Gasteiger partial charge in [-0.05, 0) is 48.2 Å². The van der Waals surface area contributed by atoms with Crippen LogP contribution in [0.15, 0.2) is 78.9 Å². The monoisotopic (exact) mass is 385 g/mol. The largest absolute Gasteiger partial charge is 0.334 e. The lowest BCUT2D eigenvalue weighted by Crippen LogP contribution is -2.35. The molecule has 3 amide bonds. The van der Waals surface area contributed by atoms with E-state index in [1.807, 2.05) is 78.9 Å². The zero-order valence-corrected chi connectivity index (χ0v) is 16.1. The molecule has 5 nitrogen and oxygen atoms in total. The number of nitrogens with one attached hydrogen (secondary N) is 2. The van der Waals surface area contributed by atoms with Crippen molar-refractivity contribution in [3.05, 3.63) is 95.6 Å². The molecule has 0 aromatic heterocycles. The fraction of sp³-hybridized carbons (Fsp3) is 0.167. The van der Waals surface area contributed by atoms with E-state index in [4.69, 9.17) is 0 Å². The van der Waals surface area contributed by atoms with E-state index >= 15 is 0 Å². The van der Waals surface area contributed by atoms with Gasteiger partial charge in [0.1, 0.15) is 0 Å². The summed E-state index contributed by atoms with van der Waals surface area (Å²) in [5, 5.41) is 5.73. The molecule has 3 aromatic carbocycles. The minimum Gasteiger partial charge on any atom is -0.334 e. The van der Waals surface area contributed by atoms with Crippen LogP contribution in [0, 0.1) is 0 Å². The molecule has 0 radical (unpaired) electrons. The maximum absolute atomic E-state index is 13.0. The van der Waals surface area contributed by atoms with Crippen LogP contribution in [0.2, 0.25) is 0 Å². The van der Waals surface area contributed by atoms with Gasteiger partial charge in [0, 0.05) is 30.0 Å². The van der Waals surface area contributed by atoms with E-state index in [2.05, 4.69) is 10.6 Å². The van der Waals surface area contributed by atoms with Crippen molar-refractivity contribution in [1.82, 2.24) is 5.32 Å². The Bertz CT molecular complexity index is 1000. The third kappa shape index (κ3) is 4.46.